The van der Waals surface area contributed by atoms with Crippen LogP contribution in [0.15, 0.2) is 40.3 Å². The summed E-state index contributed by atoms with van der Waals surface area (Å²) in [6.07, 6.45) is 0.840. The van der Waals surface area contributed by atoms with E-state index < -0.39 is 0 Å². The monoisotopic (exact) mass is 441 g/mol. The van der Waals surface area contributed by atoms with Crippen molar-refractivity contribution in [3.63, 3.8) is 0 Å². The Hall–Kier alpha value is -3.07. The van der Waals surface area contributed by atoms with Crippen LogP contribution in [0.25, 0.3) is 11.0 Å². The van der Waals surface area contributed by atoms with E-state index in [1.165, 1.54) is 18.7 Å². The lowest BCUT2D eigenvalue weighted by Crippen LogP contribution is -2.25. The van der Waals surface area contributed by atoms with E-state index >= 15 is 0 Å². The summed E-state index contributed by atoms with van der Waals surface area (Å²) in [5.74, 6) is 0.205. The second-order valence-corrected chi connectivity index (χ2v) is 8.78. The van der Waals surface area contributed by atoms with Crippen LogP contribution in [0.2, 0.25) is 0 Å². The topological polar surface area (TPSA) is 109 Å². The van der Waals surface area contributed by atoms with E-state index in [-0.39, 0.29) is 23.1 Å². The molecule has 9 heteroatoms. The number of nitrogens with one attached hydrogen (secondary N) is 3. The molecular weight excluding hydrogens is 414 g/mol. The van der Waals surface area contributed by atoms with Gasteiger partial charge in [-0.2, -0.15) is 0 Å². The lowest BCUT2D eigenvalue weighted by Gasteiger charge is -2.13. The molecule has 0 aliphatic carbocycles. The molecule has 2 heterocycles. The third kappa shape index (κ3) is 5.97. The van der Waals surface area contributed by atoms with Crippen LogP contribution in [-0.4, -0.2) is 32.1 Å². The Bertz CT molecular complexity index is 1150. The van der Waals surface area contributed by atoms with Gasteiger partial charge in [0.2, 0.25) is 11.8 Å². The van der Waals surface area contributed by atoms with Crippen LogP contribution in [0.1, 0.15) is 32.9 Å². The first-order valence-electron chi connectivity index (χ1n) is 10.1. The number of aromatic nitrogens is 3. The predicted molar refractivity (Wildman–Crippen MR) is 125 cm³/mol. The average molecular weight is 442 g/mol. The molecule has 0 radical (unpaired) electrons. The maximum atomic E-state index is 13.0. The Morgan fingerprint density at radius 3 is 2.42 bits per heavy atom. The van der Waals surface area contributed by atoms with Crippen LogP contribution in [0.3, 0.4) is 0 Å². The molecule has 3 aromatic rings. The molecule has 0 aliphatic rings. The lowest BCUT2D eigenvalue weighted by atomic mass is 10.1. The molecular formula is C22H27N5O3S. The SMILES string of the molecule is CC(=O)Nc1ccc(NC(=O)CSc2nc3cc(C)[nH]c3c(=O)n2CCC(C)C)cc1. The Labute approximate surface area is 184 Å². The average Bonchev–Trinajstić information content (AvgIpc) is 3.07. The first kappa shape index (κ1) is 22.6. The molecule has 2 amide bonds. The molecule has 3 rings (SSSR count). The highest BCUT2D eigenvalue weighted by Crippen LogP contribution is 2.20. The van der Waals surface area contributed by atoms with Crippen molar-refractivity contribution in [2.45, 2.75) is 45.8 Å². The summed E-state index contributed by atoms with van der Waals surface area (Å²) in [5.41, 5.74) is 3.15. The Balaban J connectivity index is 1.73. The van der Waals surface area contributed by atoms with Gasteiger partial charge in [0.1, 0.15) is 5.52 Å². The van der Waals surface area contributed by atoms with Crippen molar-refractivity contribution in [1.29, 1.82) is 0 Å². The summed E-state index contributed by atoms with van der Waals surface area (Å²) in [6, 6.07) is 8.72. The molecule has 31 heavy (non-hydrogen) atoms. The minimum Gasteiger partial charge on any atom is -0.353 e. The molecule has 0 atom stereocenters. The predicted octanol–water partition coefficient (Wildman–Crippen LogP) is 3.77. The van der Waals surface area contributed by atoms with Gasteiger partial charge >= 0.3 is 0 Å². The fraction of sp³-hybridized carbons (Fsp3) is 0.364. The number of H-pyrrole nitrogens is 1. The number of benzene rings is 1. The molecule has 0 saturated heterocycles. The number of anilines is 2. The zero-order valence-electron chi connectivity index (χ0n) is 18.1. The maximum Gasteiger partial charge on any atom is 0.278 e. The normalized spacial score (nSPS) is 11.1. The van der Waals surface area contributed by atoms with E-state index in [9.17, 15) is 14.4 Å². The number of aryl methyl sites for hydroxylation is 1. The van der Waals surface area contributed by atoms with Crippen LogP contribution in [0.4, 0.5) is 11.4 Å². The van der Waals surface area contributed by atoms with E-state index in [1.807, 2.05) is 13.0 Å². The van der Waals surface area contributed by atoms with Crippen molar-refractivity contribution in [2.75, 3.05) is 16.4 Å². The Kier molecular flexibility index (Phi) is 7.17. The third-order valence-electron chi connectivity index (χ3n) is 4.59. The third-order valence-corrected chi connectivity index (χ3v) is 5.57. The molecule has 0 fully saturated rings. The van der Waals surface area contributed by atoms with Crippen LogP contribution in [-0.2, 0) is 16.1 Å². The van der Waals surface area contributed by atoms with Crippen molar-refractivity contribution < 1.29 is 9.59 Å². The van der Waals surface area contributed by atoms with Crippen molar-refractivity contribution in [3.8, 4) is 0 Å². The van der Waals surface area contributed by atoms with Crippen LogP contribution >= 0.6 is 11.8 Å². The van der Waals surface area contributed by atoms with E-state index in [0.717, 1.165) is 12.1 Å². The number of fused-ring (bicyclic) bond motifs is 1. The van der Waals surface area contributed by atoms with Gasteiger partial charge in [0.15, 0.2) is 5.16 Å². The number of hydrogen-bond donors (Lipinski definition) is 3. The lowest BCUT2D eigenvalue weighted by molar-refractivity contribution is -0.114. The summed E-state index contributed by atoms with van der Waals surface area (Å²) in [5, 5.41) is 6.04. The fourth-order valence-electron chi connectivity index (χ4n) is 3.07. The van der Waals surface area contributed by atoms with E-state index in [2.05, 4.69) is 34.4 Å². The molecule has 164 valence electrons. The minimum absolute atomic E-state index is 0.116. The van der Waals surface area contributed by atoms with Crippen LogP contribution < -0.4 is 16.2 Å². The molecule has 1 aromatic carbocycles. The number of carbonyl (C=O) groups is 2. The summed E-state index contributed by atoms with van der Waals surface area (Å²) >= 11 is 1.24. The number of amides is 2. The maximum absolute atomic E-state index is 13.0. The summed E-state index contributed by atoms with van der Waals surface area (Å²) in [7, 11) is 0. The fourth-order valence-corrected chi connectivity index (χ4v) is 3.90. The second-order valence-electron chi connectivity index (χ2n) is 7.84. The van der Waals surface area contributed by atoms with Crippen molar-refractivity contribution in [2.24, 2.45) is 5.92 Å². The second kappa shape index (κ2) is 9.82. The van der Waals surface area contributed by atoms with Gasteiger partial charge in [0.25, 0.3) is 5.56 Å². The van der Waals surface area contributed by atoms with Gasteiger partial charge in [-0.1, -0.05) is 25.6 Å². The molecule has 2 aromatic heterocycles. The van der Waals surface area contributed by atoms with E-state index in [0.29, 0.717) is 40.0 Å². The smallest absolute Gasteiger partial charge is 0.278 e. The quantitative estimate of drug-likeness (QED) is 0.364. The largest absolute Gasteiger partial charge is 0.353 e. The van der Waals surface area contributed by atoms with E-state index in [1.54, 1.807) is 28.8 Å². The summed E-state index contributed by atoms with van der Waals surface area (Å²) in [6.45, 7) is 8.08. The molecule has 3 N–H and O–H groups in total. The standard InChI is InChI=1S/C22H27N5O3S/c1-13(2)9-10-27-21(30)20-18(11-14(3)23-20)26-22(27)31-12-19(29)25-17-7-5-16(6-8-17)24-15(4)28/h5-8,11,13,23H,9-10,12H2,1-4H3,(H,24,28)(H,25,29). The highest BCUT2D eigenvalue weighted by atomic mass is 32.2. The van der Waals surface area contributed by atoms with Crippen LogP contribution in [0, 0.1) is 12.8 Å². The molecule has 8 nitrogen and oxygen atoms in total. The van der Waals surface area contributed by atoms with Crippen molar-refractivity contribution in [1.82, 2.24) is 14.5 Å². The van der Waals surface area contributed by atoms with Crippen LogP contribution in [0.5, 0.6) is 0 Å². The van der Waals surface area contributed by atoms with Gasteiger partial charge < -0.3 is 15.6 Å². The first-order valence-corrected chi connectivity index (χ1v) is 11.1. The highest BCUT2D eigenvalue weighted by molar-refractivity contribution is 7.99. The zero-order valence-corrected chi connectivity index (χ0v) is 18.9. The van der Waals surface area contributed by atoms with Gasteiger partial charge in [0, 0.05) is 30.5 Å². The molecule has 0 spiro atoms. The van der Waals surface area contributed by atoms with Gasteiger partial charge in [-0.05, 0) is 49.6 Å². The number of thioether (sulfide) groups is 1. The van der Waals surface area contributed by atoms with E-state index in [4.69, 9.17) is 0 Å². The zero-order chi connectivity index (χ0) is 22.5. The van der Waals surface area contributed by atoms with Gasteiger partial charge in [-0.3, -0.25) is 19.0 Å². The molecule has 0 unspecified atom stereocenters. The number of nitrogens with zero attached hydrogens (tertiary/aromatic N) is 2. The highest BCUT2D eigenvalue weighted by Gasteiger charge is 2.15. The number of rotatable bonds is 8. The number of aromatic amines is 1. The number of carbonyl (C=O) groups excluding carboxylic acids is 2. The van der Waals surface area contributed by atoms with Crippen molar-refractivity contribution in [3.05, 3.63) is 46.4 Å². The Morgan fingerprint density at radius 1 is 1.16 bits per heavy atom. The number of hydrogen-bond acceptors (Lipinski definition) is 5. The molecule has 0 aliphatic heterocycles. The molecule has 0 saturated carbocycles. The van der Waals surface area contributed by atoms with Gasteiger partial charge in [-0.25, -0.2) is 4.98 Å². The van der Waals surface area contributed by atoms with Gasteiger partial charge in [0.05, 0.1) is 11.3 Å². The molecule has 0 bridgehead atoms. The first-order chi connectivity index (χ1) is 14.7. The Morgan fingerprint density at radius 2 is 1.81 bits per heavy atom. The van der Waals surface area contributed by atoms with Crippen molar-refractivity contribution >= 4 is 46.0 Å². The van der Waals surface area contributed by atoms with Gasteiger partial charge in [-0.15, -0.1) is 0 Å². The summed E-state index contributed by atoms with van der Waals surface area (Å²) in [4.78, 5) is 44.2. The summed E-state index contributed by atoms with van der Waals surface area (Å²) < 4.78 is 1.65. The minimum atomic E-state index is -0.202.